The molecule has 2 aliphatic carbocycles. The van der Waals surface area contributed by atoms with Crippen LogP contribution in [-0.2, 0) is 17.9 Å². The summed E-state index contributed by atoms with van der Waals surface area (Å²) in [6, 6.07) is 1.64. The highest BCUT2D eigenvalue weighted by Crippen LogP contribution is 2.31. The second-order valence-electron chi connectivity index (χ2n) is 9.49. The molecule has 1 aromatic heterocycles. The molecule has 6 nitrogen and oxygen atoms in total. The second kappa shape index (κ2) is 8.61. The van der Waals surface area contributed by atoms with Gasteiger partial charge in [-0.05, 0) is 62.3 Å². The average Bonchev–Trinajstić information content (AvgIpc) is 3.34. The molecular weight excluding hydrogens is 366 g/mol. The molecule has 3 aliphatic rings. The Morgan fingerprint density at radius 3 is 2.46 bits per heavy atom. The topological polar surface area (TPSA) is 91.4 Å². The van der Waals surface area contributed by atoms with Crippen LogP contribution in [0.1, 0.15) is 49.2 Å². The van der Waals surface area contributed by atoms with Crippen LogP contribution in [0.15, 0.2) is 16.1 Å². The number of hydrogen-bond donors (Lipinski definition) is 2. The first-order valence-electron chi connectivity index (χ1n) is 10.6. The fourth-order valence-corrected chi connectivity index (χ4v) is 4.85. The van der Waals surface area contributed by atoms with E-state index in [0.29, 0.717) is 12.8 Å². The zero-order chi connectivity index (χ0) is 20.5. The van der Waals surface area contributed by atoms with Crippen molar-refractivity contribution in [1.29, 1.82) is 0 Å². The number of ether oxygens (including phenoxy) is 1. The van der Waals surface area contributed by atoms with Gasteiger partial charge in [0.25, 0.3) is 0 Å². The summed E-state index contributed by atoms with van der Waals surface area (Å²) in [5.41, 5.74) is 19.6. The Bertz CT molecular complexity index is 774. The molecule has 0 bridgehead atoms. The lowest BCUT2D eigenvalue weighted by Gasteiger charge is -2.15. The monoisotopic (exact) mass is 403 g/mol. The molecule has 28 heavy (non-hydrogen) atoms. The van der Waals surface area contributed by atoms with Gasteiger partial charge in [-0.2, -0.15) is 5.10 Å². The maximum atomic E-state index is 6.03. The van der Waals surface area contributed by atoms with E-state index < -0.39 is 8.07 Å². The lowest BCUT2D eigenvalue weighted by molar-refractivity contribution is 0.0766. The van der Waals surface area contributed by atoms with Gasteiger partial charge in [0, 0.05) is 38.2 Å². The van der Waals surface area contributed by atoms with Gasteiger partial charge in [0.15, 0.2) is 0 Å². The predicted molar refractivity (Wildman–Crippen MR) is 119 cm³/mol. The Labute approximate surface area is 170 Å². The fraction of sp³-hybridized carbons (Fsp3) is 0.714. The first-order chi connectivity index (χ1) is 13.2. The van der Waals surface area contributed by atoms with E-state index in [1.54, 1.807) is 0 Å². The summed E-state index contributed by atoms with van der Waals surface area (Å²) in [6.45, 7) is 13.6. The van der Waals surface area contributed by atoms with Crippen molar-refractivity contribution < 1.29 is 4.74 Å². The van der Waals surface area contributed by atoms with Crippen molar-refractivity contribution >= 4 is 13.8 Å². The van der Waals surface area contributed by atoms with Gasteiger partial charge in [-0.1, -0.05) is 19.6 Å². The van der Waals surface area contributed by atoms with E-state index in [1.807, 2.05) is 4.68 Å². The number of aliphatic imine (C=N–C) groups is 1. The molecule has 0 radical (unpaired) electrons. The largest absolute Gasteiger partial charge is 0.360 e. The smallest absolute Gasteiger partial charge is 0.139 e. The van der Waals surface area contributed by atoms with Crippen molar-refractivity contribution in [2.24, 2.45) is 16.5 Å². The Morgan fingerprint density at radius 2 is 1.82 bits per heavy atom. The lowest BCUT2D eigenvalue weighted by atomic mass is 10.1. The van der Waals surface area contributed by atoms with Crippen LogP contribution in [0.4, 0.5) is 0 Å². The van der Waals surface area contributed by atoms with Crippen LogP contribution in [-0.4, -0.2) is 42.8 Å². The minimum atomic E-state index is -0.996. The first kappa shape index (κ1) is 21.4. The van der Waals surface area contributed by atoms with Gasteiger partial charge in [-0.3, -0.25) is 4.99 Å². The molecule has 4 rings (SSSR count). The summed E-state index contributed by atoms with van der Waals surface area (Å²) in [5, 5.41) is 4.58. The number of nitrogens with zero attached hydrogens (tertiary/aromatic N) is 3. The van der Waals surface area contributed by atoms with Gasteiger partial charge < -0.3 is 16.2 Å². The van der Waals surface area contributed by atoms with E-state index in [4.69, 9.17) is 16.2 Å². The number of nitrogens with two attached hydrogens (primary N) is 2. The van der Waals surface area contributed by atoms with Crippen LogP contribution in [0.25, 0.3) is 0 Å². The SMILES string of the molecule is CC1=NCC2=C1CC[C@H]2N.Cc1c2c(nn1COCC[Si](C)(C)C)[C@H](N)CC2. The van der Waals surface area contributed by atoms with Gasteiger partial charge in [0.1, 0.15) is 6.73 Å². The van der Waals surface area contributed by atoms with Crippen LogP contribution in [0, 0.1) is 6.92 Å². The van der Waals surface area contributed by atoms with Crippen molar-refractivity contribution in [2.75, 3.05) is 13.2 Å². The van der Waals surface area contributed by atoms with Crippen LogP contribution < -0.4 is 11.5 Å². The number of allylic oxidation sites excluding steroid dienone is 1. The van der Waals surface area contributed by atoms with Crippen LogP contribution in [0.3, 0.4) is 0 Å². The van der Waals surface area contributed by atoms with Gasteiger partial charge in [0.2, 0.25) is 0 Å². The first-order valence-corrected chi connectivity index (χ1v) is 14.3. The molecule has 1 aliphatic heterocycles. The van der Waals surface area contributed by atoms with Gasteiger partial charge in [0.05, 0.1) is 12.2 Å². The molecule has 4 N–H and O–H groups in total. The highest BCUT2D eigenvalue weighted by Gasteiger charge is 2.27. The van der Waals surface area contributed by atoms with E-state index in [9.17, 15) is 0 Å². The minimum absolute atomic E-state index is 0.127. The summed E-state index contributed by atoms with van der Waals surface area (Å²) in [5.74, 6) is 0. The van der Waals surface area contributed by atoms with Crippen molar-refractivity contribution in [3.8, 4) is 0 Å². The quantitative estimate of drug-likeness (QED) is 0.583. The van der Waals surface area contributed by atoms with Gasteiger partial charge >= 0.3 is 0 Å². The summed E-state index contributed by atoms with van der Waals surface area (Å²) >= 11 is 0. The molecule has 156 valence electrons. The van der Waals surface area contributed by atoms with Crippen molar-refractivity contribution in [1.82, 2.24) is 9.78 Å². The van der Waals surface area contributed by atoms with Crippen LogP contribution in [0.2, 0.25) is 25.7 Å². The second-order valence-corrected chi connectivity index (χ2v) is 15.1. The van der Waals surface area contributed by atoms with E-state index in [-0.39, 0.29) is 6.04 Å². The van der Waals surface area contributed by atoms with Gasteiger partial charge in [-0.25, -0.2) is 4.68 Å². The Morgan fingerprint density at radius 1 is 1.11 bits per heavy atom. The maximum Gasteiger partial charge on any atom is 0.139 e. The minimum Gasteiger partial charge on any atom is -0.360 e. The van der Waals surface area contributed by atoms with Gasteiger partial charge in [-0.15, -0.1) is 0 Å². The molecule has 0 saturated heterocycles. The molecule has 0 amide bonds. The zero-order valence-corrected chi connectivity index (χ0v) is 19.2. The Hall–Kier alpha value is -1.28. The highest BCUT2D eigenvalue weighted by atomic mass is 28.3. The molecule has 1 aromatic rings. The van der Waals surface area contributed by atoms with Crippen LogP contribution in [0.5, 0.6) is 0 Å². The molecule has 0 saturated carbocycles. The summed E-state index contributed by atoms with van der Waals surface area (Å²) in [7, 11) is -0.996. The van der Waals surface area contributed by atoms with E-state index in [2.05, 4.69) is 43.6 Å². The summed E-state index contributed by atoms with van der Waals surface area (Å²) in [4.78, 5) is 4.33. The van der Waals surface area contributed by atoms with E-state index in [0.717, 1.165) is 44.5 Å². The van der Waals surface area contributed by atoms with E-state index in [1.165, 1.54) is 34.2 Å². The zero-order valence-electron chi connectivity index (χ0n) is 18.2. The van der Waals surface area contributed by atoms with Crippen molar-refractivity contribution in [3.63, 3.8) is 0 Å². The highest BCUT2D eigenvalue weighted by molar-refractivity contribution is 6.76. The third kappa shape index (κ3) is 4.82. The van der Waals surface area contributed by atoms with Crippen molar-refractivity contribution in [2.45, 2.75) is 84.0 Å². The Kier molecular flexibility index (Phi) is 6.59. The van der Waals surface area contributed by atoms with Crippen molar-refractivity contribution in [3.05, 3.63) is 28.1 Å². The third-order valence-electron chi connectivity index (χ3n) is 6.09. The average molecular weight is 404 g/mol. The number of aromatic nitrogens is 2. The molecule has 0 aromatic carbocycles. The van der Waals surface area contributed by atoms with E-state index >= 15 is 0 Å². The normalized spacial score (nSPS) is 23.5. The number of hydrogen-bond acceptors (Lipinski definition) is 5. The summed E-state index contributed by atoms with van der Waals surface area (Å²) in [6.07, 6.45) is 4.40. The molecule has 0 spiro atoms. The third-order valence-corrected chi connectivity index (χ3v) is 7.80. The molecule has 2 atom stereocenters. The molecule has 7 heteroatoms. The number of rotatable bonds is 5. The standard InChI is InChI=1S/C13H25N3OSi.C8H12N2/c1-10-11-5-6-12(14)13(11)15-16(10)9-17-7-8-18(2,3)4;1-5-6-2-3-8(9)7(6)4-10-5/h12H,5-9,14H2,1-4H3;8H,2-4,9H2,1H3/t12-;8-/m11/s1. The molecule has 0 fully saturated rings. The molecular formula is C21H37N5OSi. The Balaban J connectivity index is 0.000000188. The summed E-state index contributed by atoms with van der Waals surface area (Å²) < 4.78 is 7.71. The number of fused-ring (bicyclic) bond motifs is 1. The fourth-order valence-electron chi connectivity index (χ4n) is 4.09. The van der Waals surface area contributed by atoms with Crippen LogP contribution >= 0.6 is 0 Å². The lowest BCUT2D eigenvalue weighted by Crippen LogP contribution is -2.22. The molecule has 0 unspecified atom stereocenters. The maximum absolute atomic E-state index is 6.03. The predicted octanol–water partition coefficient (Wildman–Crippen LogP) is 3.33. The molecule has 2 heterocycles.